The normalized spacial score (nSPS) is 10.8. The molecule has 0 aromatic carbocycles. The minimum Gasteiger partial charge on any atom is -0.475 e. The van der Waals surface area contributed by atoms with Crippen molar-refractivity contribution in [3.63, 3.8) is 0 Å². The molecule has 0 radical (unpaired) electrons. The monoisotopic (exact) mass is 224 g/mol. The molecule has 2 aromatic heterocycles. The summed E-state index contributed by atoms with van der Waals surface area (Å²) in [4.78, 5) is 26.9. The van der Waals surface area contributed by atoms with Gasteiger partial charge in [0.15, 0.2) is 4.96 Å². The molecule has 15 heavy (non-hydrogen) atoms. The Kier molecular flexibility index (Phi) is 2.08. The number of aliphatic carboxylic acids is 1. The van der Waals surface area contributed by atoms with Crippen molar-refractivity contribution in [1.29, 1.82) is 0 Å². The highest BCUT2D eigenvalue weighted by Gasteiger charge is 2.23. The number of carbonyl (C=O) groups is 2. The van der Waals surface area contributed by atoms with E-state index in [9.17, 15) is 9.59 Å². The Balaban J connectivity index is 2.77. The Morgan fingerprint density at radius 3 is 2.73 bits per heavy atom. The maximum atomic E-state index is 11.4. The zero-order valence-corrected chi connectivity index (χ0v) is 8.96. The smallest absolute Gasteiger partial charge is 0.378 e. The average Bonchev–Trinajstić information content (AvgIpc) is 2.65. The van der Waals surface area contributed by atoms with Crippen LogP contribution in [-0.2, 0) is 4.79 Å². The minimum absolute atomic E-state index is 0.149. The zero-order valence-electron chi connectivity index (χ0n) is 8.14. The predicted molar refractivity (Wildman–Crippen MR) is 54.5 cm³/mol. The van der Waals surface area contributed by atoms with Crippen LogP contribution >= 0.6 is 11.3 Å². The van der Waals surface area contributed by atoms with Gasteiger partial charge in [0, 0.05) is 11.1 Å². The van der Waals surface area contributed by atoms with Gasteiger partial charge in [-0.25, -0.2) is 9.78 Å². The molecule has 78 valence electrons. The van der Waals surface area contributed by atoms with E-state index in [0.29, 0.717) is 10.7 Å². The molecule has 0 aliphatic rings. The Bertz CT molecular complexity index is 567. The highest BCUT2D eigenvalue weighted by atomic mass is 32.1. The lowest BCUT2D eigenvalue weighted by atomic mass is 10.2. The van der Waals surface area contributed by atoms with E-state index >= 15 is 0 Å². The second-order valence-corrected chi connectivity index (χ2v) is 4.01. The fraction of sp³-hybridized carbons (Fsp3) is 0.222. The van der Waals surface area contributed by atoms with Crippen molar-refractivity contribution >= 4 is 28.1 Å². The molecule has 0 amide bonds. The summed E-state index contributed by atoms with van der Waals surface area (Å²) in [5.74, 6) is -2.37. The first-order valence-electron chi connectivity index (χ1n) is 4.23. The van der Waals surface area contributed by atoms with Crippen LogP contribution < -0.4 is 0 Å². The number of carboxylic acids is 1. The molecule has 5 nitrogen and oxygen atoms in total. The molecule has 0 unspecified atom stereocenters. The predicted octanol–water partition coefficient (Wildman–Crippen LogP) is 1.28. The SMILES string of the molecule is Cc1nc2scc(C)n2c1C(=O)C(=O)O. The molecule has 0 saturated heterocycles. The van der Waals surface area contributed by atoms with Crippen LogP contribution in [0.3, 0.4) is 0 Å². The van der Waals surface area contributed by atoms with E-state index in [1.807, 2.05) is 12.3 Å². The van der Waals surface area contributed by atoms with Crippen LogP contribution in [0.25, 0.3) is 4.96 Å². The number of hydrogen-bond acceptors (Lipinski definition) is 4. The number of aromatic nitrogens is 2. The fourth-order valence-electron chi connectivity index (χ4n) is 1.47. The summed E-state index contributed by atoms with van der Waals surface area (Å²) in [6.45, 7) is 3.44. The van der Waals surface area contributed by atoms with E-state index in [1.165, 1.54) is 11.3 Å². The third-order valence-electron chi connectivity index (χ3n) is 2.12. The summed E-state index contributed by atoms with van der Waals surface area (Å²) >= 11 is 1.38. The van der Waals surface area contributed by atoms with Crippen LogP contribution in [0.1, 0.15) is 21.9 Å². The van der Waals surface area contributed by atoms with Gasteiger partial charge in [0.25, 0.3) is 5.78 Å². The van der Waals surface area contributed by atoms with Gasteiger partial charge in [-0.05, 0) is 13.8 Å². The lowest BCUT2D eigenvalue weighted by Crippen LogP contribution is -2.16. The Labute approximate surface area is 89.0 Å². The molecule has 0 fully saturated rings. The van der Waals surface area contributed by atoms with Gasteiger partial charge in [-0.3, -0.25) is 9.20 Å². The van der Waals surface area contributed by atoms with Gasteiger partial charge >= 0.3 is 5.97 Å². The molecule has 2 rings (SSSR count). The largest absolute Gasteiger partial charge is 0.475 e. The average molecular weight is 224 g/mol. The third kappa shape index (κ3) is 1.33. The number of nitrogens with zero attached hydrogens (tertiary/aromatic N) is 2. The summed E-state index contributed by atoms with van der Waals surface area (Å²) in [6, 6.07) is 0. The summed E-state index contributed by atoms with van der Waals surface area (Å²) in [6.07, 6.45) is 0. The van der Waals surface area contributed by atoms with Crippen LogP contribution in [0.2, 0.25) is 0 Å². The molecule has 0 aliphatic carbocycles. The van der Waals surface area contributed by atoms with Crippen LogP contribution in [0.15, 0.2) is 5.38 Å². The molecule has 0 bridgehead atoms. The van der Waals surface area contributed by atoms with Gasteiger partial charge in [0.1, 0.15) is 5.69 Å². The highest BCUT2D eigenvalue weighted by Crippen LogP contribution is 2.20. The first-order chi connectivity index (χ1) is 7.02. The molecule has 6 heteroatoms. The van der Waals surface area contributed by atoms with Crippen LogP contribution in [0.4, 0.5) is 0 Å². The van der Waals surface area contributed by atoms with Crippen molar-refractivity contribution in [3.8, 4) is 0 Å². The van der Waals surface area contributed by atoms with Crippen molar-refractivity contribution in [1.82, 2.24) is 9.38 Å². The minimum atomic E-state index is -1.45. The first-order valence-corrected chi connectivity index (χ1v) is 5.11. The van der Waals surface area contributed by atoms with E-state index in [4.69, 9.17) is 5.11 Å². The molecule has 2 heterocycles. The van der Waals surface area contributed by atoms with Gasteiger partial charge in [-0.15, -0.1) is 11.3 Å². The Hall–Kier alpha value is -1.69. The van der Waals surface area contributed by atoms with Crippen molar-refractivity contribution < 1.29 is 14.7 Å². The molecule has 0 aliphatic heterocycles. The summed E-state index contributed by atoms with van der Waals surface area (Å²) < 4.78 is 1.58. The molecule has 0 atom stereocenters. The number of fused-ring (bicyclic) bond motifs is 1. The summed E-state index contributed by atoms with van der Waals surface area (Å²) in [5.41, 5.74) is 1.42. The van der Waals surface area contributed by atoms with Crippen molar-refractivity contribution in [2.24, 2.45) is 0 Å². The second kappa shape index (κ2) is 3.16. The molecule has 1 N–H and O–H groups in total. The number of hydrogen-bond donors (Lipinski definition) is 1. The number of imidazole rings is 1. The lowest BCUT2D eigenvalue weighted by Gasteiger charge is -1.97. The molecular weight excluding hydrogens is 216 g/mol. The van der Waals surface area contributed by atoms with Crippen LogP contribution in [0, 0.1) is 13.8 Å². The number of Topliss-reactive ketones (excluding diaryl/α,β-unsaturated/α-hetero) is 1. The van der Waals surface area contributed by atoms with Gasteiger partial charge in [-0.2, -0.15) is 0 Å². The Morgan fingerprint density at radius 2 is 2.13 bits per heavy atom. The number of ketones is 1. The van der Waals surface area contributed by atoms with Crippen LogP contribution in [-0.4, -0.2) is 26.2 Å². The van der Waals surface area contributed by atoms with Gasteiger partial charge in [0.2, 0.25) is 0 Å². The lowest BCUT2D eigenvalue weighted by molar-refractivity contribution is -0.131. The number of rotatable bonds is 2. The van der Waals surface area contributed by atoms with E-state index in [-0.39, 0.29) is 5.69 Å². The topological polar surface area (TPSA) is 71.7 Å². The molecular formula is C9H8N2O3S. The Morgan fingerprint density at radius 1 is 1.47 bits per heavy atom. The number of carbonyl (C=O) groups excluding carboxylic acids is 1. The standard InChI is InChI=1S/C9H8N2O3S/c1-4-3-15-9-10-5(2)6(11(4)9)7(12)8(13)14/h3H,1-2H3,(H,13,14). The second-order valence-electron chi connectivity index (χ2n) is 3.18. The fourth-order valence-corrected chi connectivity index (χ4v) is 2.38. The highest BCUT2D eigenvalue weighted by molar-refractivity contribution is 7.15. The quantitative estimate of drug-likeness (QED) is 0.616. The maximum absolute atomic E-state index is 11.4. The van der Waals surface area contributed by atoms with E-state index < -0.39 is 11.8 Å². The number of aryl methyl sites for hydroxylation is 2. The third-order valence-corrected chi connectivity index (χ3v) is 3.06. The van der Waals surface area contributed by atoms with E-state index in [2.05, 4.69) is 4.98 Å². The van der Waals surface area contributed by atoms with Gasteiger partial charge in [0.05, 0.1) is 5.69 Å². The number of carboxylic acid groups (broad SMARTS) is 1. The maximum Gasteiger partial charge on any atom is 0.378 e. The number of thiazole rings is 1. The van der Waals surface area contributed by atoms with Gasteiger partial charge < -0.3 is 5.11 Å². The molecule has 0 saturated carbocycles. The van der Waals surface area contributed by atoms with E-state index in [0.717, 1.165) is 5.69 Å². The summed E-state index contributed by atoms with van der Waals surface area (Å²) in [7, 11) is 0. The summed E-state index contributed by atoms with van der Waals surface area (Å²) in [5, 5.41) is 10.5. The van der Waals surface area contributed by atoms with Crippen molar-refractivity contribution in [2.45, 2.75) is 13.8 Å². The zero-order chi connectivity index (χ0) is 11.2. The van der Waals surface area contributed by atoms with Crippen LogP contribution in [0.5, 0.6) is 0 Å². The van der Waals surface area contributed by atoms with Gasteiger partial charge in [-0.1, -0.05) is 0 Å². The molecule has 2 aromatic rings. The van der Waals surface area contributed by atoms with E-state index in [1.54, 1.807) is 11.3 Å². The van der Waals surface area contributed by atoms with Crippen molar-refractivity contribution in [2.75, 3.05) is 0 Å². The first kappa shape index (κ1) is 9.85. The van der Waals surface area contributed by atoms with Crippen molar-refractivity contribution in [3.05, 3.63) is 22.5 Å². The molecule has 0 spiro atoms.